The van der Waals surface area contributed by atoms with Crippen LogP contribution in [0.1, 0.15) is 48.6 Å². The van der Waals surface area contributed by atoms with Gasteiger partial charge in [-0.05, 0) is 58.4 Å². The van der Waals surface area contributed by atoms with Crippen molar-refractivity contribution in [3.05, 3.63) is 119 Å². The summed E-state index contributed by atoms with van der Waals surface area (Å²) in [7, 11) is 0. The molecule has 158 valence electrons. The number of fused-ring (bicyclic) bond motifs is 1. The quantitative estimate of drug-likeness (QED) is 0.241. The molecule has 0 aliphatic carbocycles. The zero-order valence-corrected chi connectivity index (χ0v) is 20.1. The molecule has 0 saturated carbocycles. The van der Waals surface area contributed by atoms with Gasteiger partial charge in [-0.15, -0.1) is 12.6 Å². The molecule has 4 rings (SSSR count). The van der Waals surface area contributed by atoms with Crippen molar-refractivity contribution in [1.82, 2.24) is 0 Å². The molecule has 0 fully saturated rings. The van der Waals surface area contributed by atoms with Gasteiger partial charge >= 0.3 is 0 Å². The molecule has 0 aliphatic heterocycles. The van der Waals surface area contributed by atoms with Crippen LogP contribution in [0, 0.1) is 13.8 Å². The van der Waals surface area contributed by atoms with Gasteiger partial charge in [-0.3, -0.25) is 0 Å². The summed E-state index contributed by atoms with van der Waals surface area (Å²) in [5.74, 6) is 0. The highest BCUT2D eigenvalue weighted by molar-refractivity contribution is 7.90. The third-order valence-electron chi connectivity index (χ3n) is 5.43. The predicted octanol–water partition coefficient (Wildman–Crippen LogP) is 8.87. The molecule has 0 bridgehead atoms. The highest BCUT2D eigenvalue weighted by Crippen LogP contribution is 2.31. The first-order valence-electron chi connectivity index (χ1n) is 10.8. The molecule has 0 aromatic heterocycles. The average molecular weight is 425 g/mol. The number of benzene rings is 4. The molecule has 4 aromatic carbocycles. The van der Waals surface area contributed by atoms with Crippen LogP contribution < -0.4 is 0 Å². The average Bonchev–Trinajstić information content (AvgIpc) is 2.76. The molecule has 1 heteroatoms. The molecule has 0 nitrogen and oxygen atoms in total. The summed E-state index contributed by atoms with van der Waals surface area (Å²) in [5, 5.41) is 2.54. The van der Waals surface area contributed by atoms with Gasteiger partial charge in [0.15, 0.2) is 0 Å². The van der Waals surface area contributed by atoms with Gasteiger partial charge in [0.25, 0.3) is 0 Å². The van der Waals surface area contributed by atoms with Crippen LogP contribution in [-0.4, -0.2) is 0 Å². The third-order valence-corrected chi connectivity index (χ3v) is 5.82. The molecule has 0 aliphatic rings. The second-order valence-electron chi connectivity index (χ2n) is 9.03. The normalized spacial score (nSPS) is 11.7. The van der Waals surface area contributed by atoms with E-state index in [-0.39, 0.29) is 5.41 Å². The molecular formula is C30H32S. The van der Waals surface area contributed by atoms with E-state index in [0.717, 1.165) is 10.5 Å². The lowest BCUT2D eigenvalue weighted by Gasteiger charge is -2.20. The Hall–Kier alpha value is -2.77. The minimum Gasteiger partial charge on any atom is -0.143 e. The Morgan fingerprint density at radius 3 is 2.06 bits per heavy atom. The molecule has 0 N–H and O–H groups in total. The highest BCUT2D eigenvalue weighted by atomic mass is 32.1. The zero-order chi connectivity index (χ0) is 22.4. The first-order valence-corrected chi connectivity index (χ1v) is 11.2. The molecule has 0 amide bonds. The second-order valence-corrected chi connectivity index (χ2v) is 9.51. The van der Waals surface area contributed by atoms with Crippen LogP contribution in [0.25, 0.3) is 21.8 Å². The van der Waals surface area contributed by atoms with E-state index in [0.29, 0.717) is 0 Å². The largest absolute Gasteiger partial charge is 0.143 e. The fourth-order valence-electron chi connectivity index (χ4n) is 3.50. The highest BCUT2D eigenvalue weighted by Gasteiger charge is 2.14. The Labute approximate surface area is 193 Å². The molecule has 0 spiro atoms. The zero-order valence-electron chi connectivity index (χ0n) is 19.2. The van der Waals surface area contributed by atoms with Gasteiger partial charge in [-0.25, -0.2) is 0 Å². The Morgan fingerprint density at radius 1 is 0.742 bits per heavy atom. The third kappa shape index (κ3) is 6.12. The smallest absolute Gasteiger partial charge is 0.0119 e. The van der Waals surface area contributed by atoms with Crippen molar-refractivity contribution in [2.75, 3.05) is 0 Å². The van der Waals surface area contributed by atoms with Crippen LogP contribution in [0.4, 0.5) is 0 Å². The van der Waals surface area contributed by atoms with Gasteiger partial charge in [-0.2, -0.15) is 0 Å². The van der Waals surface area contributed by atoms with Crippen molar-refractivity contribution in [3.8, 4) is 0 Å². The molecule has 31 heavy (non-hydrogen) atoms. The fourth-order valence-corrected chi connectivity index (χ4v) is 3.76. The molecule has 0 saturated heterocycles. The summed E-state index contributed by atoms with van der Waals surface area (Å²) in [5.41, 5.74) is 6.47. The number of rotatable bonds is 2. The maximum absolute atomic E-state index is 4.81. The van der Waals surface area contributed by atoms with E-state index in [4.69, 9.17) is 12.6 Å². The van der Waals surface area contributed by atoms with E-state index in [2.05, 4.69) is 113 Å². The summed E-state index contributed by atoms with van der Waals surface area (Å²) in [6, 6.07) is 31.8. The van der Waals surface area contributed by atoms with E-state index in [1.807, 2.05) is 18.2 Å². The van der Waals surface area contributed by atoms with E-state index < -0.39 is 0 Å². The van der Waals surface area contributed by atoms with Crippen LogP contribution >= 0.6 is 12.6 Å². The lowest BCUT2D eigenvalue weighted by molar-refractivity contribution is 0.590. The van der Waals surface area contributed by atoms with E-state index >= 15 is 0 Å². The van der Waals surface area contributed by atoms with Crippen LogP contribution in [0.3, 0.4) is 0 Å². The Morgan fingerprint density at radius 2 is 1.42 bits per heavy atom. The van der Waals surface area contributed by atoms with Crippen molar-refractivity contribution < 1.29 is 0 Å². The number of thiol groups is 1. The lowest BCUT2D eigenvalue weighted by atomic mass is 9.86. The minimum atomic E-state index is 0.138. The van der Waals surface area contributed by atoms with Crippen LogP contribution in [0.5, 0.6) is 0 Å². The Balaban J connectivity index is 0.000000330. The van der Waals surface area contributed by atoms with Crippen LogP contribution in [0.2, 0.25) is 0 Å². The number of aryl methyl sites for hydroxylation is 2. The van der Waals surface area contributed by atoms with Gasteiger partial charge in [0.1, 0.15) is 0 Å². The Kier molecular flexibility index (Phi) is 7.41. The van der Waals surface area contributed by atoms with Crippen LogP contribution in [-0.2, 0) is 5.41 Å². The summed E-state index contributed by atoms with van der Waals surface area (Å²) in [6.45, 7) is 11.0. The predicted molar refractivity (Wildman–Crippen MR) is 142 cm³/mol. The van der Waals surface area contributed by atoms with Gasteiger partial charge in [0.2, 0.25) is 0 Å². The number of hydrogen-bond acceptors (Lipinski definition) is 1. The van der Waals surface area contributed by atoms with Crippen molar-refractivity contribution in [2.45, 2.75) is 40.0 Å². The van der Waals surface area contributed by atoms with E-state index in [9.17, 15) is 0 Å². The maximum atomic E-state index is 4.81. The van der Waals surface area contributed by atoms with Crippen molar-refractivity contribution in [1.29, 1.82) is 0 Å². The standard InChI is InChI=1S/C23H24S.C7H8/c1-16-12-13-17-8-5-6-11-20(17)21(16)15-22(24)18-9-7-10-19(14-18)23(2,3)4;1-7-5-3-2-4-6-7/h5-15,24H,1-4H3;2-6H,1H3/b22-15+;. The summed E-state index contributed by atoms with van der Waals surface area (Å²) in [6.07, 6.45) is 2.20. The SMILES string of the molecule is Cc1ccc2ccccc2c1/C=C(/S)c1cccc(C(C)(C)C)c1.Cc1ccccc1. The van der Waals surface area contributed by atoms with Gasteiger partial charge in [0.05, 0.1) is 0 Å². The number of hydrogen-bond donors (Lipinski definition) is 1. The maximum Gasteiger partial charge on any atom is 0.0119 e. The first-order chi connectivity index (χ1) is 14.8. The monoisotopic (exact) mass is 424 g/mol. The molecule has 0 atom stereocenters. The van der Waals surface area contributed by atoms with Crippen molar-refractivity contribution in [3.63, 3.8) is 0 Å². The van der Waals surface area contributed by atoms with Gasteiger partial charge in [0, 0.05) is 4.91 Å². The summed E-state index contributed by atoms with van der Waals surface area (Å²) < 4.78 is 0. The lowest BCUT2D eigenvalue weighted by Crippen LogP contribution is -2.10. The first kappa shape index (κ1) is 22.9. The second kappa shape index (κ2) is 10.0. The Bertz CT molecular complexity index is 1180. The van der Waals surface area contributed by atoms with Gasteiger partial charge < -0.3 is 0 Å². The van der Waals surface area contributed by atoms with Crippen molar-refractivity contribution >= 4 is 34.4 Å². The molecule has 4 aromatic rings. The van der Waals surface area contributed by atoms with E-state index in [1.54, 1.807) is 0 Å². The molecule has 0 heterocycles. The molecular weight excluding hydrogens is 392 g/mol. The van der Waals surface area contributed by atoms with Gasteiger partial charge in [-0.1, -0.05) is 117 Å². The van der Waals surface area contributed by atoms with Crippen molar-refractivity contribution in [2.24, 2.45) is 0 Å². The molecule has 0 radical (unpaired) electrons. The van der Waals surface area contributed by atoms with E-state index in [1.165, 1.54) is 33.0 Å². The minimum absolute atomic E-state index is 0.138. The summed E-state index contributed by atoms with van der Waals surface area (Å²) in [4.78, 5) is 1.00. The summed E-state index contributed by atoms with van der Waals surface area (Å²) >= 11 is 4.81. The van der Waals surface area contributed by atoms with Crippen LogP contribution in [0.15, 0.2) is 91.0 Å². The molecule has 0 unspecified atom stereocenters. The topological polar surface area (TPSA) is 0 Å². The fraction of sp³-hybridized carbons (Fsp3) is 0.200.